The SMILES string of the molecule is COCCOc1cnc(-c2cccc(CNc3nc(-c4cnn(C)c4)cnc3N)c2)nc1. The topological polar surface area (TPSA) is 126 Å². The van der Waals surface area contributed by atoms with Crippen LogP contribution in [0.3, 0.4) is 0 Å². The fourth-order valence-corrected chi connectivity index (χ4v) is 3.01. The van der Waals surface area contributed by atoms with Crippen LogP contribution in [0.5, 0.6) is 5.75 Å². The molecule has 0 radical (unpaired) electrons. The summed E-state index contributed by atoms with van der Waals surface area (Å²) in [5, 5.41) is 7.44. The van der Waals surface area contributed by atoms with Crippen LogP contribution >= 0.6 is 0 Å². The Kier molecular flexibility index (Phi) is 6.52. The van der Waals surface area contributed by atoms with Gasteiger partial charge in [-0.2, -0.15) is 5.10 Å². The Balaban J connectivity index is 1.44. The Morgan fingerprint density at radius 1 is 1.03 bits per heavy atom. The number of aryl methyl sites for hydroxylation is 1. The number of hydrogen-bond donors (Lipinski definition) is 2. The van der Waals surface area contributed by atoms with Crippen molar-refractivity contribution in [2.45, 2.75) is 6.54 Å². The largest absolute Gasteiger partial charge is 0.488 e. The molecule has 1 aromatic carbocycles. The van der Waals surface area contributed by atoms with Crippen LogP contribution in [0.2, 0.25) is 0 Å². The van der Waals surface area contributed by atoms with Crippen LogP contribution < -0.4 is 15.8 Å². The predicted molar refractivity (Wildman–Crippen MR) is 121 cm³/mol. The molecule has 4 rings (SSSR count). The van der Waals surface area contributed by atoms with Gasteiger partial charge in [-0.05, 0) is 11.6 Å². The summed E-state index contributed by atoms with van der Waals surface area (Å²) in [6, 6.07) is 7.94. The second kappa shape index (κ2) is 9.84. The number of nitrogens with one attached hydrogen (secondary N) is 1. The van der Waals surface area contributed by atoms with E-state index in [4.69, 9.17) is 15.2 Å². The highest BCUT2D eigenvalue weighted by molar-refractivity contribution is 5.64. The monoisotopic (exact) mass is 432 g/mol. The summed E-state index contributed by atoms with van der Waals surface area (Å²) in [5.41, 5.74) is 9.52. The van der Waals surface area contributed by atoms with Gasteiger partial charge in [0.25, 0.3) is 0 Å². The van der Waals surface area contributed by atoms with E-state index in [0.717, 1.165) is 16.7 Å². The van der Waals surface area contributed by atoms with Crippen LogP contribution in [0.4, 0.5) is 11.6 Å². The minimum Gasteiger partial charge on any atom is -0.488 e. The van der Waals surface area contributed by atoms with E-state index in [9.17, 15) is 0 Å². The first-order valence-corrected chi connectivity index (χ1v) is 10.0. The highest BCUT2D eigenvalue weighted by Crippen LogP contribution is 2.22. The number of anilines is 2. The van der Waals surface area contributed by atoms with Crippen molar-refractivity contribution >= 4 is 11.6 Å². The molecule has 0 aliphatic heterocycles. The second-order valence-corrected chi connectivity index (χ2v) is 7.03. The number of rotatable bonds is 9. The summed E-state index contributed by atoms with van der Waals surface area (Å²) in [4.78, 5) is 17.6. The molecule has 164 valence electrons. The first-order chi connectivity index (χ1) is 15.6. The number of hydrogen-bond acceptors (Lipinski definition) is 9. The van der Waals surface area contributed by atoms with Gasteiger partial charge in [-0.25, -0.2) is 19.9 Å². The molecule has 3 aromatic heterocycles. The zero-order valence-corrected chi connectivity index (χ0v) is 17.9. The summed E-state index contributed by atoms with van der Waals surface area (Å²) < 4.78 is 12.2. The second-order valence-electron chi connectivity index (χ2n) is 7.03. The highest BCUT2D eigenvalue weighted by atomic mass is 16.5. The van der Waals surface area contributed by atoms with E-state index in [0.29, 0.717) is 48.7 Å². The molecule has 0 unspecified atom stereocenters. The smallest absolute Gasteiger partial charge is 0.169 e. The molecule has 0 saturated heterocycles. The van der Waals surface area contributed by atoms with E-state index in [1.165, 1.54) is 0 Å². The molecule has 0 aliphatic rings. The number of nitrogens with two attached hydrogens (primary N) is 1. The van der Waals surface area contributed by atoms with Gasteiger partial charge in [0.15, 0.2) is 23.2 Å². The first-order valence-electron chi connectivity index (χ1n) is 10.0. The van der Waals surface area contributed by atoms with E-state index in [1.54, 1.807) is 36.6 Å². The minimum absolute atomic E-state index is 0.334. The fourth-order valence-electron chi connectivity index (χ4n) is 3.01. The lowest BCUT2D eigenvalue weighted by molar-refractivity contribution is 0.146. The van der Waals surface area contributed by atoms with Crippen LogP contribution in [0.1, 0.15) is 5.56 Å². The Labute approximate surface area is 185 Å². The van der Waals surface area contributed by atoms with Crippen LogP contribution in [0, 0.1) is 0 Å². The average molecular weight is 432 g/mol. The number of nitrogens with zero attached hydrogens (tertiary/aromatic N) is 6. The molecule has 0 amide bonds. The Morgan fingerprint density at radius 2 is 1.88 bits per heavy atom. The van der Waals surface area contributed by atoms with Crippen molar-refractivity contribution in [3.05, 3.63) is 60.8 Å². The number of nitrogen functional groups attached to an aromatic ring is 1. The van der Waals surface area contributed by atoms with Crippen molar-refractivity contribution in [2.75, 3.05) is 31.4 Å². The molecule has 3 heterocycles. The summed E-state index contributed by atoms with van der Waals surface area (Å²) in [7, 11) is 3.48. The van der Waals surface area contributed by atoms with Gasteiger partial charge in [0, 0.05) is 38.0 Å². The maximum Gasteiger partial charge on any atom is 0.169 e. The van der Waals surface area contributed by atoms with Gasteiger partial charge in [0.05, 0.1) is 37.1 Å². The summed E-state index contributed by atoms with van der Waals surface area (Å²) in [5.74, 6) is 2.07. The quantitative estimate of drug-likeness (QED) is 0.384. The van der Waals surface area contributed by atoms with Gasteiger partial charge < -0.3 is 20.5 Å². The lowest BCUT2D eigenvalue weighted by Crippen LogP contribution is -2.07. The van der Waals surface area contributed by atoms with Gasteiger partial charge in [-0.15, -0.1) is 0 Å². The van der Waals surface area contributed by atoms with E-state index < -0.39 is 0 Å². The maximum atomic E-state index is 6.02. The van der Waals surface area contributed by atoms with E-state index in [-0.39, 0.29) is 0 Å². The summed E-state index contributed by atoms with van der Waals surface area (Å²) >= 11 is 0. The summed E-state index contributed by atoms with van der Waals surface area (Å²) in [6.45, 7) is 1.48. The van der Waals surface area contributed by atoms with Crippen LogP contribution in [0.15, 0.2) is 55.2 Å². The third-order valence-corrected chi connectivity index (χ3v) is 4.63. The lowest BCUT2D eigenvalue weighted by atomic mass is 10.1. The molecular formula is C22H24N8O2. The van der Waals surface area contributed by atoms with Gasteiger partial charge in [0.2, 0.25) is 0 Å². The van der Waals surface area contributed by atoms with Crippen molar-refractivity contribution in [2.24, 2.45) is 7.05 Å². The molecule has 0 spiro atoms. The Hall–Kier alpha value is -4.05. The van der Waals surface area contributed by atoms with E-state index in [2.05, 4.69) is 30.4 Å². The van der Waals surface area contributed by atoms with Crippen molar-refractivity contribution in [1.29, 1.82) is 0 Å². The number of ether oxygens (including phenoxy) is 2. The zero-order chi connectivity index (χ0) is 22.3. The van der Waals surface area contributed by atoms with Gasteiger partial charge in [-0.1, -0.05) is 18.2 Å². The molecule has 0 aliphatic carbocycles. The zero-order valence-electron chi connectivity index (χ0n) is 17.9. The van der Waals surface area contributed by atoms with Crippen LogP contribution in [0.25, 0.3) is 22.6 Å². The van der Waals surface area contributed by atoms with Gasteiger partial charge in [0.1, 0.15) is 6.61 Å². The fraction of sp³-hybridized carbons (Fsp3) is 0.227. The maximum absolute atomic E-state index is 6.02. The molecule has 10 nitrogen and oxygen atoms in total. The molecule has 10 heteroatoms. The van der Waals surface area contributed by atoms with Crippen molar-refractivity contribution < 1.29 is 9.47 Å². The van der Waals surface area contributed by atoms with Gasteiger partial charge in [-0.3, -0.25) is 4.68 Å². The first kappa shape index (κ1) is 21.2. The highest BCUT2D eigenvalue weighted by Gasteiger charge is 2.09. The molecule has 0 bridgehead atoms. The Bertz CT molecular complexity index is 1180. The Morgan fingerprint density at radius 3 is 2.62 bits per heavy atom. The van der Waals surface area contributed by atoms with E-state index in [1.807, 2.05) is 37.5 Å². The average Bonchev–Trinajstić information content (AvgIpc) is 3.25. The van der Waals surface area contributed by atoms with E-state index >= 15 is 0 Å². The van der Waals surface area contributed by atoms with Crippen LogP contribution in [-0.2, 0) is 18.3 Å². The van der Waals surface area contributed by atoms with Crippen molar-refractivity contribution in [1.82, 2.24) is 29.7 Å². The number of methoxy groups -OCH3 is 1. The third kappa shape index (κ3) is 5.16. The minimum atomic E-state index is 0.334. The molecule has 0 saturated carbocycles. The number of benzene rings is 1. The third-order valence-electron chi connectivity index (χ3n) is 4.63. The molecule has 4 aromatic rings. The molecule has 3 N–H and O–H groups in total. The van der Waals surface area contributed by atoms with Crippen molar-refractivity contribution in [3.8, 4) is 28.4 Å². The molecular weight excluding hydrogens is 408 g/mol. The number of aromatic nitrogens is 6. The predicted octanol–water partition coefficient (Wildman–Crippen LogP) is 2.55. The molecule has 0 atom stereocenters. The lowest BCUT2D eigenvalue weighted by Gasteiger charge is -2.10. The van der Waals surface area contributed by atoms with Gasteiger partial charge >= 0.3 is 0 Å². The molecule has 0 fully saturated rings. The van der Waals surface area contributed by atoms with Crippen LogP contribution in [-0.4, -0.2) is 50.0 Å². The summed E-state index contributed by atoms with van der Waals surface area (Å²) in [6.07, 6.45) is 8.56. The standard InChI is InChI=1S/C22H24N8O2/c1-30-14-17(10-28-30)19-13-24-20(23)22(29-19)25-9-15-4-3-5-16(8-15)21-26-11-18(12-27-21)32-7-6-31-2/h3-5,8,10-14H,6-7,9H2,1-2H3,(H2,23,24)(H,25,29). The normalized spacial score (nSPS) is 10.8. The molecule has 32 heavy (non-hydrogen) atoms. The van der Waals surface area contributed by atoms with Crippen molar-refractivity contribution in [3.63, 3.8) is 0 Å².